The van der Waals surface area contributed by atoms with Crippen LogP contribution in [0.1, 0.15) is 0 Å². The topological polar surface area (TPSA) is 46.5 Å². The van der Waals surface area contributed by atoms with E-state index in [-0.39, 0.29) is 13.2 Å². The van der Waals surface area contributed by atoms with E-state index in [9.17, 15) is 4.79 Å². The molecule has 0 aromatic carbocycles. The molecule has 12 heavy (non-hydrogen) atoms. The van der Waals surface area contributed by atoms with Gasteiger partial charge in [-0.2, -0.15) is 0 Å². The minimum Gasteiger partial charge on any atom is -0.460 e. The molecule has 66 valence electrons. The fourth-order valence-corrected chi connectivity index (χ4v) is 0.568. The van der Waals surface area contributed by atoms with E-state index >= 15 is 0 Å². The number of carbonyl (C=O) groups is 1. The molecule has 0 aliphatic carbocycles. The highest BCUT2D eigenvalue weighted by atomic mass is 16.5. The second kappa shape index (κ2) is 6.37. The van der Waals surface area contributed by atoms with Crippen molar-refractivity contribution in [2.24, 2.45) is 0 Å². The van der Waals surface area contributed by atoms with E-state index in [1.54, 1.807) is 0 Å². The molecule has 0 saturated carbocycles. The number of allylic oxidation sites excluding steroid dienone is 2. The third-order valence-corrected chi connectivity index (χ3v) is 1.08. The lowest BCUT2D eigenvalue weighted by atomic mass is 10.2. The molecular weight excluding hydrogens is 156 g/mol. The van der Waals surface area contributed by atoms with Crippen LogP contribution in [0.5, 0.6) is 0 Å². The summed E-state index contributed by atoms with van der Waals surface area (Å²) >= 11 is 0. The molecule has 0 saturated heterocycles. The summed E-state index contributed by atoms with van der Waals surface area (Å²) in [5.41, 5.74) is 0.332. The van der Waals surface area contributed by atoms with Crippen LogP contribution >= 0.6 is 0 Å². The molecule has 1 N–H and O–H groups in total. The highest BCUT2D eigenvalue weighted by Gasteiger charge is 2.04. The van der Waals surface area contributed by atoms with E-state index < -0.39 is 5.97 Å². The van der Waals surface area contributed by atoms with Gasteiger partial charge in [-0.3, -0.25) is 0 Å². The number of rotatable bonds is 5. The van der Waals surface area contributed by atoms with Crippen molar-refractivity contribution in [3.05, 3.63) is 37.0 Å². The van der Waals surface area contributed by atoms with Gasteiger partial charge in [0, 0.05) is 0 Å². The van der Waals surface area contributed by atoms with Gasteiger partial charge in [0.05, 0.1) is 12.2 Å². The number of esters is 1. The average Bonchev–Trinajstić information content (AvgIpc) is 2.10. The highest BCUT2D eigenvalue weighted by Crippen LogP contribution is 1.99. The molecule has 0 spiro atoms. The molecule has 3 nitrogen and oxygen atoms in total. The zero-order valence-electron chi connectivity index (χ0n) is 6.82. The third kappa shape index (κ3) is 3.73. The maximum atomic E-state index is 11.0. The van der Waals surface area contributed by atoms with E-state index in [1.165, 1.54) is 18.2 Å². The van der Waals surface area contributed by atoms with Crippen LogP contribution in [0.25, 0.3) is 0 Å². The van der Waals surface area contributed by atoms with Crippen LogP contribution in [0.3, 0.4) is 0 Å². The standard InChI is InChI=1S/C9H12O3/c1-3-5-8(4-2)9(11)12-7-6-10/h3-5,10H,1-2,6-7H2/b8-5+. The molecule has 0 radical (unpaired) electrons. The summed E-state index contributed by atoms with van der Waals surface area (Å²) in [6, 6.07) is 0. The minimum absolute atomic E-state index is 0.00115. The zero-order chi connectivity index (χ0) is 9.40. The van der Waals surface area contributed by atoms with Crippen molar-refractivity contribution in [1.82, 2.24) is 0 Å². The van der Waals surface area contributed by atoms with Gasteiger partial charge >= 0.3 is 5.97 Å². The molecule has 0 aliphatic heterocycles. The molecule has 0 aromatic rings. The summed E-state index contributed by atoms with van der Waals surface area (Å²) in [4.78, 5) is 11.0. The monoisotopic (exact) mass is 168 g/mol. The van der Waals surface area contributed by atoms with Crippen LogP contribution in [0.2, 0.25) is 0 Å². The lowest BCUT2D eigenvalue weighted by Gasteiger charge is -2.01. The van der Waals surface area contributed by atoms with Gasteiger partial charge in [-0.15, -0.1) is 0 Å². The predicted molar refractivity (Wildman–Crippen MR) is 46.5 cm³/mol. The maximum Gasteiger partial charge on any atom is 0.338 e. The van der Waals surface area contributed by atoms with Crippen LogP contribution in [0.15, 0.2) is 37.0 Å². The Balaban J connectivity index is 4.12. The molecule has 0 amide bonds. The fraction of sp³-hybridized carbons (Fsp3) is 0.222. The first-order chi connectivity index (χ1) is 5.76. The van der Waals surface area contributed by atoms with Gasteiger partial charge in [0.2, 0.25) is 0 Å². The Kier molecular flexibility index (Phi) is 5.65. The van der Waals surface area contributed by atoms with Gasteiger partial charge < -0.3 is 9.84 Å². The third-order valence-electron chi connectivity index (χ3n) is 1.08. The number of hydrogen-bond donors (Lipinski definition) is 1. The smallest absolute Gasteiger partial charge is 0.338 e. The quantitative estimate of drug-likeness (QED) is 0.375. The molecule has 0 heterocycles. The van der Waals surface area contributed by atoms with Crippen molar-refractivity contribution in [3.63, 3.8) is 0 Å². The van der Waals surface area contributed by atoms with E-state index in [1.807, 2.05) is 0 Å². The number of carbonyl (C=O) groups excluding carboxylic acids is 1. The molecule has 0 aromatic heterocycles. The van der Waals surface area contributed by atoms with E-state index in [0.717, 1.165) is 0 Å². The fourth-order valence-electron chi connectivity index (χ4n) is 0.568. The molecule has 0 atom stereocenters. The zero-order valence-corrected chi connectivity index (χ0v) is 6.82. The first kappa shape index (κ1) is 10.7. The van der Waals surface area contributed by atoms with E-state index in [0.29, 0.717) is 5.57 Å². The molecule has 0 aliphatic rings. The van der Waals surface area contributed by atoms with Crippen molar-refractivity contribution < 1.29 is 14.6 Å². The summed E-state index contributed by atoms with van der Waals surface area (Å²) in [7, 11) is 0. The minimum atomic E-state index is -0.501. The Hall–Kier alpha value is -1.35. The maximum absolute atomic E-state index is 11.0. The molecule has 0 rings (SSSR count). The largest absolute Gasteiger partial charge is 0.460 e. The summed E-state index contributed by atoms with van der Waals surface area (Å²) in [6.45, 7) is 6.68. The summed E-state index contributed by atoms with van der Waals surface area (Å²) in [5, 5.41) is 8.36. The van der Waals surface area contributed by atoms with Crippen molar-refractivity contribution >= 4 is 5.97 Å². The number of hydrogen-bond acceptors (Lipinski definition) is 3. The summed E-state index contributed by atoms with van der Waals surface area (Å²) < 4.78 is 4.62. The van der Waals surface area contributed by atoms with Gasteiger partial charge in [0.15, 0.2) is 0 Å². The van der Waals surface area contributed by atoms with Crippen molar-refractivity contribution in [3.8, 4) is 0 Å². The number of aliphatic hydroxyl groups excluding tert-OH is 1. The Labute approximate surface area is 71.7 Å². The SMILES string of the molecule is C=C/C=C(\C=C)C(=O)OCCO. The molecule has 0 fully saturated rings. The van der Waals surface area contributed by atoms with Crippen LogP contribution in [-0.2, 0) is 9.53 Å². The summed E-state index contributed by atoms with van der Waals surface area (Å²) in [6.07, 6.45) is 4.34. The Bertz CT molecular complexity index is 204. The first-order valence-electron chi connectivity index (χ1n) is 3.49. The van der Waals surface area contributed by atoms with Crippen molar-refractivity contribution in [1.29, 1.82) is 0 Å². The Morgan fingerprint density at radius 3 is 2.58 bits per heavy atom. The number of ether oxygens (including phenoxy) is 1. The Morgan fingerprint density at radius 1 is 1.50 bits per heavy atom. The van der Waals surface area contributed by atoms with Gasteiger partial charge in [0.1, 0.15) is 6.61 Å². The lowest BCUT2D eigenvalue weighted by molar-refractivity contribution is -0.139. The van der Waals surface area contributed by atoms with Crippen LogP contribution < -0.4 is 0 Å². The predicted octanol–water partition coefficient (Wildman–Crippen LogP) is 0.820. The molecular formula is C9H12O3. The molecule has 3 heteroatoms. The molecule has 0 unspecified atom stereocenters. The molecule has 0 bridgehead atoms. The Morgan fingerprint density at radius 2 is 2.17 bits per heavy atom. The highest BCUT2D eigenvalue weighted by molar-refractivity contribution is 5.91. The van der Waals surface area contributed by atoms with E-state index in [2.05, 4.69) is 17.9 Å². The van der Waals surface area contributed by atoms with Crippen molar-refractivity contribution in [2.45, 2.75) is 0 Å². The second-order valence-corrected chi connectivity index (χ2v) is 1.92. The van der Waals surface area contributed by atoms with Gasteiger partial charge in [-0.1, -0.05) is 25.3 Å². The van der Waals surface area contributed by atoms with Crippen LogP contribution in [-0.4, -0.2) is 24.3 Å². The summed E-state index contributed by atoms with van der Waals surface area (Å²) in [5.74, 6) is -0.501. The van der Waals surface area contributed by atoms with Crippen molar-refractivity contribution in [2.75, 3.05) is 13.2 Å². The van der Waals surface area contributed by atoms with E-state index in [4.69, 9.17) is 5.11 Å². The van der Waals surface area contributed by atoms with Crippen LogP contribution in [0.4, 0.5) is 0 Å². The van der Waals surface area contributed by atoms with Crippen LogP contribution in [0, 0.1) is 0 Å². The van der Waals surface area contributed by atoms with Gasteiger partial charge in [-0.25, -0.2) is 4.79 Å². The number of aliphatic hydroxyl groups is 1. The second-order valence-electron chi connectivity index (χ2n) is 1.92. The lowest BCUT2D eigenvalue weighted by Crippen LogP contribution is -2.09. The van der Waals surface area contributed by atoms with Gasteiger partial charge in [0.25, 0.3) is 0 Å². The van der Waals surface area contributed by atoms with Gasteiger partial charge in [-0.05, 0) is 6.08 Å². The average molecular weight is 168 g/mol. The normalized spacial score (nSPS) is 10.6. The first-order valence-corrected chi connectivity index (χ1v) is 3.49.